The van der Waals surface area contributed by atoms with E-state index in [1.807, 2.05) is 30.3 Å². The maximum Gasteiger partial charge on any atom is 0.175 e. The van der Waals surface area contributed by atoms with Crippen molar-refractivity contribution >= 4 is 24.3 Å². The molecule has 3 nitrogen and oxygen atoms in total. The van der Waals surface area contributed by atoms with Gasteiger partial charge in [-0.25, -0.2) is 0 Å². The Morgan fingerprint density at radius 2 is 1.77 bits per heavy atom. The van der Waals surface area contributed by atoms with E-state index >= 15 is 0 Å². The standard InChI is InChI=1S/C18H13BO3/c19-18(21)16-8-7-15(10-17(16)20)22-11-12-5-6-13-3-1-2-4-14(13)9-12/h1-10,20H,11H2. The summed E-state index contributed by atoms with van der Waals surface area (Å²) in [5.41, 5.74) is 0.439. The van der Waals surface area contributed by atoms with Gasteiger partial charge in [0, 0.05) is 11.6 Å². The molecule has 0 amide bonds. The number of rotatable bonds is 4. The van der Waals surface area contributed by atoms with Crippen molar-refractivity contribution in [1.82, 2.24) is 0 Å². The Kier molecular flexibility index (Phi) is 3.83. The molecule has 0 aliphatic rings. The Morgan fingerprint density at radius 1 is 1.00 bits per heavy atom. The molecule has 0 saturated heterocycles. The summed E-state index contributed by atoms with van der Waals surface area (Å²) in [6, 6.07) is 18.7. The van der Waals surface area contributed by atoms with Crippen LogP contribution in [0.25, 0.3) is 10.8 Å². The van der Waals surface area contributed by atoms with E-state index in [2.05, 4.69) is 12.1 Å². The lowest BCUT2D eigenvalue weighted by Gasteiger charge is -2.09. The largest absolute Gasteiger partial charge is 0.507 e. The molecule has 3 aromatic carbocycles. The molecule has 22 heavy (non-hydrogen) atoms. The molecule has 106 valence electrons. The molecule has 0 aromatic heterocycles. The highest BCUT2D eigenvalue weighted by molar-refractivity contribution is 6.62. The maximum atomic E-state index is 11.1. The minimum absolute atomic E-state index is 0.0815. The Balaban J connectivity index is 1.76. The number of hydrogen-bond acceptors (Lipinski definition) is 3. The van der Waals surface area contributed by atoms with E-state index in [1.54, 1.807) is 6.07 Å². The van der Waals surface area contributed by atoms with Gasteiger partial charge in [-0.3, -0.25) is 0 Å². The van der Waals surface area contributed by atoms with E-state index in [9.17, 15) is 9.90 Å². The normalized spacial score (nSPS) is 10.5. The smallest absolute Gasteiger partial charge is 0.175 e. The molecule has 0 bridgehead atoms. The fourth-order valence-electron chi connectivity index (χ4n) is 2.30. The van der Waals surface area contributed by atoms with E-state index in [-0.39, 0.29) is 11.3 Å². The van der Waals surface area contributed by atoms with Gasteiger partial charge in [0.1, 0.15) is 23.8 Å². The summed E-state index contributed by atoms with van der Waals surface area (Å²) in [6.07, 6.45) is 0. The van der Waals surface area contributed by atoms with E-state index < -0.39 is 5.68 Å². The molecule has 0 atom stereocenters. The average molecular weight is 288 g/mol. The van der Waals surface area contributed by atoms with Gasteiger partial charge in [0.2, 0.25) is 0 Å². The van der Waals surface area contributed by atoms with Crippen LogP contribution in [-0.4, -0.2) is 18.6 Å². The zero-order valence-corrected chi connectivity index (χ0v) is 11.8. The van der Waals surface area contributed by atoms with Gasteiger partial charge < -0.3 is 14.6 Å². The van der Waals surface area contributed by atoms with Crippen LogP contribution in [0.5, 0.6) is 11.5 Å². The monoisotopic (exact) mass is 288 g/mol. The van der Waals surface area contributed by atoms with Gasteiger partial charge in [0.15, 0.2) is 7.85 Å². The summed E-state index contributed by atoms with van der Waals surface area (Å²) >= 11 is 0. The second-order valence-corrected chi connectivity index (χ2v) is 5.01. The molecule has 1 N–H and O–H groups in total. The van der Waals surface area contributed by atoms with Gasteiger partial charge in [0.25, 0.3) is 0 Å². The molecule has 3 aromatic rings. The van der Waals surface area contributed by atoms with Crippen molar-refractivity contribution in [2.45, 2.75) is 6.61 Å². The van der Waals surface area contributed by atoms with Gasteiger partial charge in [-0.1, -0.05) is 36.4 Å². The number of phenolic OH excluding ortho intramolecular Hbond substituents is 1. The first-order chi connectivity index (χ1) is 10.6. The van der Waals surface area contributed by atoms with Gasteiger partial charge in [-0.05, 0) is 34.5 Å². The predicted octanol–water partition coefficient (Wildman–Crippen LogP) is 3.43. The summed E-state index contributed by atoms with van der Waals surface area (Å²) in [7, 11) is 5.14. The van der Waals surface area contributed by atoms with Gasteiger partial charge >= 0.3 is 0 Å². The summed E-state index contributed by atoms with van der Waals surface area (Å²) in [6.45, 7) is 0.375. The third-order valence-electron chi connectivity index (χ3n) is 3.45. The lowest BCUT2D eigenvalue weighted by atomic mass is 9.94. The third kappa shape index (κ3) is 2.96. The van der Waals surface area contributed by atoms with E-state index in [1.165, 1.54) is 17.5 Å². The molecule has 0 heterocycles. The predicted molar refractivity (Wildman–Crippen MR) is 86.5 cm³/mol. The average Bonchev–Trinajstić information content (AvgIpc) is 2.52. The van der Waals surface area contributed by atoms with Crippen LogP contribution in [0.3, 0.4) is 0 Å². The molecule has 0 spiro atoms. The van der Waals surface area contributed by atoms with E-state index in [4.69, 9.17) is 12.6 Å². The number of fused-ring (bicyclic) bond motifs is 1. The lowest BCUT2D eigenvalue weighted by molar-refractivity contribution is 0.107. The Bertz CT molecular complexity index is 843. The molecular weight excluding hydrogens is 275 g/mol. The van der Waals surface area contributed by atoms with Crippen LogP contribution in [-0.2, 0) is 6.61 Å². The zero-order valence-electron chi connectivity index (χ0n) is 11.8. The number of ether oxygens (including phenoxy) is 1. The fraction of sp³-hybridized carbons (Fsp3) is 0.0556. The van der Waals surface area contributed by atoms with Crippen molar-refractivity contribution < 1.29 is 14.6 Å². The van der Waals surface area contributed by atoms with Crippen LogP contribution in [0.2, 0.25) is 0 Å². The molecule has 2 radical (unpaired) electrons. The van der Waals surface area contributed by atoms with Gasteiger partial charge in [-0.2, -0.15) is 0 Å². The Morgan fingerprint density at radius 3 is 2.50 bits per heavy atom. The highest BCUT2D eigenvalue weighted by Crippen LogP contribution is 2.24. The molecule has 0 unspecified atom stereocenters. The summed E-state index contributed by atoms with van der Waals surface area (Å²) in [5.74, 6) is 0.305. The molecular formula is C18H13BO3. The van der Waals surface area contributed by atoms with Crippen molar-refractivity contribution in [3.8, 4) is 11.5 Å². The van der Waals surface area contributed by atoms with Crippen LogP contribution in [0.15, 0.2) is 60.7 Å². The van der Waals surface area contributed by atoms with Crippen molar-refractivity contribution in [2.24, 2.45) is 0 Å². The molecule has 0 aliphatic carbocycles. The first-order valence-electron chi connectivity index (χ1n) is 6.87. The van der Waals surface area contributed by atoms with E-state index in [0.29, 0.717) is 12.4 Å². The number of carbonyl (C=O) groups excluding carboxylic acids is 1. The van der Waals surface area contributed by atoms with Crippen LogP contribution in [0, 0.1) is 0 Å². The molecule has 3 rings (SSSR count). The lowest BCUT2D eigenvalue weighted by Crippen LogP contribution is -1.99. The molecule has 4 heteroatoms. The van der Waals surface area contributed by atoms with Crippen molar-refractivity contribution in [3.05, 3.63) is 71.8 Å². The maximum absolute atomic E-state index is 11.1. The first-order valence-corrected chi connectivity index (χ1v) is 6.87. The Hall–Kier alpha value is -2.75. The topological polar surface area (TPSA) is 46.5 Å². The van der Waals surface area contributed by atoms with Gasteiger partial charge in [0.05, 0.1) is 0 Å². The summed E-state index contributed by atoms with van der Waals surface area (Å²) in [5, 5.41) is 12.0. The second kappa shape index (κ2) is 5.94. The number of phenols is 1. The molecule has 0 saturated carbocycles. The van der Waals surface area contributed by atoms with Crippen molar-refractivity contribution in [3.63, 3.8) is 0 Å². The fourth-order valence-corrected chi connectivity index (χ4v) is 2.30. The second-order valence-electron chi connectivity index (χ2n) is 5.01. The van der Waals surface area contributed by atoms with Crippen LogP contribution in [0.1, 0.15) is 15.9 Å². The number of hydrogen-bond donors (Lipinski definition) is 1. The number of aromatic hydroxyl groups is 1. The molecule has 0 fully saturated rings. The summed E-state index contributed by atoms with van der Waals surface area (Å²) < 4.78 is 5.64. The number of carbonyl (C=O) groups is 1. The highest BCUT2D eigenvalue weighted by atomic mass is 16.5. The quantitative estimate of drug-likeness (QED) is 0.748. The minimum atomic E-state index is -0.668. The minimum Gasteiger partial charge on any atom is -0.507 e. The molecule has 0 aliphatic heterocycles. The SMILES string of the molecule is [B]C(=O)c1ccc(OCc2ccc3ccccc3c2)cc1O. The van der Waals surface area contributed by atoms with Gasteiger partial charge in [-0.15, -0.1) is 0 Å². The zero-order chi connectivity index (χ0) is 15.5. The highest BCUT2D eigenvalue weighted by Gasteiger charge is 2.07. The first kappa shape index (κ1) is 14.2. The summed E-state index contributed by atoms with van der Waals surface area (Å²) in [4.78, 5) is 11.1. The van der Waals surface area contributed by atoms with E-state index in [0.717, 1.165) is 10.9 Å². The van der Waals surface area contributed by atoms with Crippen LogP contribution >= 0.6 is 0 Å². The van der Waals surface area contributed by atoms with Crippen LogP contribution in [0.4, 0.5) is 0 Å². The number of benzene rings is 3. The van der Waals surface area contributed by atoms with Crippen molar-refractivity contribution in [2.75, 3.05) is 0 Å². The third-order valence-corrected chi connectivity index (χ3v) is 3.45. The van der Waals surface area contributed by atoms with Crippen molar-refractivity contribution in [1.29, 1.82) is 0 Å². The Labute approximate surface area is 129 Å². The van der Waals surface area contributed by atoms with Crippen LogP contribution < -0.4 is 4.74 Å².